The zero-order chi connectivity index (χ0) is 17.5. The molecule has 1 aliphatic rings. The van der Waals surface area contributed by atoms with Crippen LogP contribution in [0.4, 0.5) is 0 Å². The van der Waals surface area contributed by atoms with Crippen molar-refractivity contribution in [2.45, 2.75) is 51.5 Å². The Morgan fingerprint density at radius 1 is 1.25 bits per heavy atom. The number of hydrogen-bond donors (Lipinski definition) is 2. The fourth-order valence-electron chi connectivity index (χ4n) is 3.07. The number of nitrogens with one attached hydrogen (secondary N) is 2. The minimum absolute atomic E-state index is 0.187. The van der Waals surface area contributed by atoms with Gasteiger partial charge in [-0.3, -0.25) is 9.59 Å². The van der Waals surface area contributed by atoms with Crippen molar-refractivity contribution in [3.05, 3.63) is 33.8 Å². The molecule has 1 saturated carbocycles. The Morgan fingerprint density at radius 2 is 1.96 bits per heavy atom. The summed E-state index contributed by atoms with van der Waals surface area (Å²) in [4.78, 5) is 24.3. The fourth-order valence-corrected chi connectivity index (χ4v) is 3.46. The molecule has 24 heavy (non-hydrogen) atoms. The lowest BCUT2D eigenvalue weighted by Crippen LogP contribution is -2.45. The van der Waals surface area contributed by atoms with Crippen molar-refractivity contribution in [3.63, 3.8) is 0 Å². The van der Waals surface area contributed by atoms with Gasteiger partial charge in [0, 0.05) is 6.54 Å². The van der Waals surface area contributed by atoms with E-state index in [1.807, 2.05) is 0 Å². The maximum Gasteiger partial charge on any atom is 0.253 e. The van der Waals surface area contributed by atoms with Crippen molar-refractivity contribution in [1.82, 2.24) is 10.6 Å². The molecule has 2 rings (SSSR count). The monoisotopic (exact) mass is 370 g/mol. The molecule has 0 bridgehead atoms. The Hall–Kier alpha value is -1.26. The number of amides is 2. The fraction of sp³-hybridized carbons (Fsp3) is 0.556. The van der Waals surface area contributed by atoms with Crippen LogP contribution >= 0.6 is 23.2 Å². The molecule has 0 unspecified atom stereocenters. The molecule has 132 valence electrons. The van der Waals surface area contributed by atoms with Crippen molar-refractivity contribution in [1.29, 1.82) is 0 Å². The number of carbonyl (C=O) groups excluding carboxylic acids is 2. The molecule has 4 nitrogen and oxygen atoms in total. The third-order valence-corrected chi connectivity index (χ3v) is 5.32. The van der Waals surface area contributed by atoms with E-state index >= 15 is 0 Å². The first-order valence-electron chi connectivity index (χ1n) is 8.51. The SMILES string of the molecule is C[C@H](NC(=O)c1cccc(Cl)c1Cl)C(=O)NCCCC1CCCC1. The number of rotatable bonds is 7. The van der Waals surface area contributed by atoms with E-state index < -0.39 is 11.9 Å². The molecule has 1 aliphatic carbocycles. The highest BCUT2D eigenvalue weighted by atomic mass is 35.5. The predicted octanol–water partition coefficient (Wildman–Crippen LogP) is 4.20. The first kappa shape index (κ1) is 19.1. The molecular formula is C18H24Cl2N2O2. The van der Waals surface area contributed by atoms with Gasteiger partial charge in [-0.1, -0.05) is 55.0 Å². The lowest BCUT2D eigenvalue weighted by Gasteiger charge is -2.15. The van der Waals surface area contributed by atoms with Crippen LogP contribution in [0.1, 0.15) is 55.8 Å². The molecule has 2 amide bonds. The van der Waals surface area contributed by atoms with Gasteiger partial charge in [0.05, 0.1) is 15.6 Å². The maximum atomic E-state index is 12.2. The molecule has 0 aromatic heterocycles. The van der Waals surface area contributed by atoms with Gasteiger partial charge < -0.3 is 10.6 Å². The van der Waals surface area contributed by atoms with Gasteiger partial charge in [-0.2, -0.15) is 0 Å². The molecule has 1 aromatic carbocycles. The van der Waals surface area contributed by atoms with Gasteiger partial charge in [0.15, 0.2) is 0 Å². The van der Waals surface area contributed by atoms with Crippen LogP contribution in [0.5, 0.6) is 0 Å². The van der Waals surface area contributed by atoms with Crippen molar-refractivity contribution in [2.75, 3.05) is 6.54 Å². The van der Waals surface area contributed by atoms with Gasteiger partial charge in [0.2, 0.25) is 5.91 Å². The summed E-state index contributed by atoms with van der Waals surface area (Å²) in [6.07, 6.45) is 7.47. The normalized spacial score (nSPS) is 16.0. The molecule has 2 N–H and O–H groups in total. The van der Waals surface area contributed by atoms with Gasteiger partial charge in [0.25, 0.3) is 5.91 Å². The Morgan fingerprint density at radius 3 is 2.67 bits per heavy atom. The Labute approximate surface area is 153 Å². The van der Waals surface area contributed by atoms with Crippen molar-refractivity contribution in [2.24, 2.45) is 5.92 Å². The molecule has 1 aromatic rings. The van der Waals surface area contributed by atoms with Crippen molar-refractivity contribution < 1.29 is 9.59 Å². The second-order valence-corrected chi connectivity index (χ2v) is 7.17. The zero-order valence-electron chi connectivity index (χ0n) is 13.9. The molecule has 1 atom stereocenters. The summed E-state index contributed by atoms with van der Waals surface area (Å²) in [5.74, 6) is 0.230. The highest BCUT2D eigenvalue weighted by Gasteiger charge is 2.19. The van der Waals surface area contributed by atoms with Gasteiger partial charge in [-0.15, -0.1) is 0 Å². The van der Waals surface area contributed by atoms with E-state index in [2.05, 4.69) is 10.6 Å². The van der Waals surface area contributed by atoms with Crippen LogP contribution in [-0.4, -0.2) is 24.4 Å². The van der Waals surface area contributed by atoms with Gasteiger partial charge >= 0.3 is 0 Å². The molecule has 0 radical (unpaired) electrons. The number of halogens is 2. The molecule has 1 fully saturated rings. The average molecular weight is 371 g/mol. The van der Waals surface area contributed by atoms with Gasteiger partial charge in [-0.25, -0.2) is 0 Å². The van der Waals surface area contributed by atoms with Crippen LogP contribution in [-0.2, 0) is 4.79 Å². The summed E-state index contributed by atoms with van der Waals surface area (Å²) in [5.41, 5.74) is 0.269. The summed E-state index contributed by atoms with van der Waals surface area (Å²) in [6.45, 7) is 2.30. The van der Waals surface area contributed by atoms with Crippen molar-refractivity contribution >= 4 is 35.0 Å². The molecule has 6 heteroatoms. The van der Waals surface area contributed by atoms with Crippen LogP contribution in [0.15, 0.2) is 18.2 Å². The lowest BCUT2D eigenvalue weighted by atomic mass is 10.0. The topological polar surface area (TPSA) is 58.2 Å². The third kappa shape index (κ3) is 5.38. The third-order valence-electron chi connectivity index (χ3n) is 4.50. The second kappa shape index (κ2) is 9.28. The average Bonchev–Trinajstić information content (AvgIpc) is 3.07. The molecule has 0 saturated heterocycles. The number of hydrogen-bond acceptors (Lipinski definition) is 2. The van der Waals surface area contributed by atoms with E-state index in [4.69, 9.17) is 23.2 Å². The van der Waals surface area contributed by atoms with Crippen LogP contribution in [0.2, 0.25) is 10.0 Å². The van der Waals surface area contributed by atoms with Crippen molar-refractivity contribution in [3.8, 4) is 0 Å². The van der Waals surface area contributed by atoms with Crippen LogP contribution in [0.3, 0.4) is 0 Å². The Bertz CT molecular complexity index is 586. The van der Waals surface area contributed by atoms with Crippen LogP contribution < -0.4 is 10.6 Å². The Kier molecular flexibility index (Phi) is 7.38. The molecule has 0 aliphatic heterocycles. The summed E-state index contributed by atoms with van der Waals surface area (Å²) < 4.78 is 0. The minimum atomic E-state index is -0.626. The quantitative estimate of drug-likeness (QED) is 0.706. The molecule has 0 heterocycles. The smallest absolute Gasteiger partial charge is 0.253 e. The van der Waals surface area contributed by atoms with E-state index in [0.29, 0.717) is 11.6 Å². The van der Waals surface area contributed by atoms with Crippen LogP contribution in [0, 0.1) is 5.92 Å². The summed E-state index contributed by atoms with van der Waals surface area (Å²) in [7, 11) is 0. The second-order valence-electron chi connectivity index (χ2n) is 6.38. The van der Waals surface area contributed by atoms with E-state index in [-0.39, 0.29) is 16.5 Å². The number of carbonyl (C=O) groups is 2. The van der Waals surface area contributed by atoms with E-state index in [0.717, 1.165) is 12.3 Å². The highest BCUT2D eigenvalue weighted by Crippen LogP contribution is 2.28. The van der Waals surface area contributed by atoms with Crippen LogP contribution in [0.25, 0.3) is 0 Å². The van der Waals surface area contributed by atoms with E-state index in [9.17, 15) is 9.59 Å². The van der Waals surface area contributed by atoms with E-state index in [1.54, 1.807) is 25.1 Å². The molecular weight excluding hydrogens is 347 g/mol. The first-order valence-corrected chi connectivity index (χ1v) is 9.27. The minimum Gasteiger partial charge on any atom is -0.354 e. The standard InChI is InChI=1S/C18H24Cl2N2O2/c1-12(17(23)21-11-5-8-13-6-2-3-7-13)22-18(24)14-9-4-10-15(19)16(14)20/h4,9-10,12-13H,2-3,5-8,11H2,1H3,(H,21,23)(H,22,24)/t12-/m0/s1. The zero-order valence-corrected chi connectivity index (χ0v) is 15.4. The van der Waals surface area contributed by atoms with Gasteiger partial charge in [-0.05, 0) is 37.8 Å². The Balaban J connectivity index is 1.74. The largest absolute Gasteiger partial charge is 0.354 e. The predicted molar refractivity (Wildman–Crippen MR) is 97.6 cm³/mol. The van der Waals surface area contributed by atoms with Gasteiger partial charge in [0.1, 0.15) is 6.04 Å². The summed E-state index contributed by atoms with van der Waals surface area (Å²) >= 11 is 11.9. The maximum absolute atomic E-state index is 12.2. The first-order chi connectivity index (χ1) is 11.5. The lowest BCUT2D eigenvalue weighted by molar-refractivity contribution is -0.122. The molecule has 0 spiro atoms. The summed E-state index contributed by atoms with van der Waals surface area (Å²) in [6, 6.07) is 4.22. The summed E-state index contributed by atoms with van der Waals surface area (Å²) in [5, 5.41) is 6.04. The highest BCUT2D eigenvalue weighted by molar-refractivity contribution is 6.43. The number of benzene rings is 1. The van der Waals surface area contributed by atoms with E-state index in [1.165, 1.54) is 32.1 Å².